The molecule has 1 aliphatic rings. The second-order valence-corrected chi connectivity index (χ2v) is 8.15. The van der Waals surface area contributed by atoms with Crippen LogP contribution in [0.15, 0.2) is 59.6 Å². The third-order valence-corrected chi connectivity index (χ3v) is 6.21. The molecule has 4 heterocycles. The number of anilines is 1. The minimum atomic E-state index is 0.454. The number of benzene rings is 1. The second-order valence-electron chi connectivity index (χ2n) is 7.43. The van der Waals surface area contributed by atoms with Crippen LogP contribution in [-0.2, 0) is 12.8 Å². The van der Waals surface area contributed by atoms with E-state index in [1.165, 1.54) is 17.5 Å². The minimum absolute atomic E-state index is 0.454. The van der Waals surface area contributed by atoms with Crippen molar-refractivity contribution < 1.29 is 0 Å². The lowest BCUT2D eigenvalue weighted by molar-refractivity contribution is 0.911. The molecule has 0 unspecified atom stereocenters. The molecule has 1 aromatic carbocycles. The molecule has 0 atom stereocenters. The molecule has 0 spiro atoms. The third-order valence-electron chi connectivity index (χ3n) is 5.62. The fraction of sp³-hybridized carbons (Fsp3) is 0.130. The number of nitrogens with zero attached hydrogens (tertiary/aromatic N) is 5. The van der Waals surface area contributed by atoms with Crippen LogP contribution in [0, 0.1) is 0 Å². The number of rotatable bonds is 3. The highest BCUT2D eigenvalue weighted by molar-refractivity contribution is 7.07. The fourth-order valence-corrected chi connectivity index (χ4v) is 4.71. The van der Waals surface area contributed by atoms with Crippen LogP contribution in [0.25, 0.3) is 39.6 Å². The Morgan fingerprint density at radius 1 is 0.933 bits per heavy atom. The van der Waals surface area contributed by atoms with Crippen molar-refractivity contribution in [3.63, 3.8) is 0 Å². The second kappa shape index (κ2) is 6.74. The molecule has 7 heteroatoms. The lowest BCUT2D eigenvalue weighted by atomic mass is 10.1. The molecule has 0 radical (unpaired) electrons. The molecule has 0 amide bonds. The van der Waals surface area contributed by atoms with E-state index in [0.717, 1.165) is 52.5 Å². The van der Waals surface area contributed by atoms with Crippen LogP contribution in [0.5, 0.6) is 0 Å². The van der Waals surface area contributed by atoms with Crippen LogP contribution < -0.4 is 5.73 Å². The molecule has 4 aromatic heterocycles. The van der Waals surface area contributed by atoms with Gasteiger partial charge in [0, 0.05) is 17.3 Å². The number of aryl methyl sites for hydroxylation is 2. The summed E-state index contributed by atoms with van der Waals surface area (Å²) in [6, 6.07) is 14.4. The maximum absolute atomic E-state index is 6.23. The standard InChI is InChI=1S/C23H18N6S/c24-21-17(5-2-10-25-21)22-28-19-9-8-18(20-12-30-13-26-20)27-23(19)29(22)16-7-6-14-3-1-4-15(14)11-16/h2,5-13H,1,3-4H2,(H2,24,25). The highest BCUT2D eigenvalue weighted by Crippen LogP contribution is 2.33. The molecular formula is C23H18N6S. The van der Waals surface area contributed by atoms with Crippen LogP contribution in [0.3, 0.4) is 0 Å². The highest BCUT2D eigenvalue weighted by atomic mass is 32.1. The third kappa shape index (κ3) is 2.70. The predicted molar refractivity (Wildman–Crippen MR) is 120 cm³/mol. The zero-order chi connectivity index (χ0) is 20.1. The topological polar surface area (TPSA) is 82.5 Å². The quantitative estimate of drug-likeness (QED) is 0.467. The SMILES string of the molecule is Nc1ncccc1-c1nc2ccc(-c3cscn3)nc2n1-c1ccc2c(c1)CCC2. The molecule has 2 N–H and O–H groups in total. The summed E-state index contributed by atoms with van der Waals surface area (Å²) in [5.41, 5.74) is 16.0. The monoisotopic (exact) mass is 410 g/mol. The van der Waals surface area contributed by atoms with Gasteiger partial charge in [0.25, 0.3) is 0 Å². The first-order valence-corrected chi connectivity index (χ1v) is 10.8. The van der Waals surface area contributed by atoms with Crippen molar-refractivity contribution in [2.75, 3.05) is 5.73 Å². The summed E-state index contributed by atoms with van der Waals surface area (Å²) in [5.74, 6) is 1.20. The van der Waals surface area contributed by atoms with Gasteiger partial charge >= 0.3 is 0 Å². The van der Waals surface area contributed by atoms with Gasteiger partial charge in [-0.15, -0.1) is 11.3 Å². The van der Waals surface area contributed by atoms with Gasteiger partial charge in [-0.3, -0.25) is 4.57 Å². The first kappa shape index (κ1) is 17.3. The van der Waals surface area contributed by atoms with Crippen LogP contribution in [-0.4, -0.2) is 24.5 Å². The van der Waals surface area contributed by atoms with E-state index < -0.39 is 0 Å². The van der Waals surface area contributed by atoms with E-state index in [1.807, 2.05) is 35.2 Å². The van der Waals surface area contributed by atoms with Crippen molar-refractivity contribution in [2.24, 2.45) is 0 Å². The number of hydrogen-bond acceptors (Lipinski definition) is 6. The normalized spacial score (nSPS) is 13.1. The molecule has 6 rings (SSSR count). The number of aromatic nitrogens is 5. The number of nitrogen functional groups attached to an aromatic ring is 1. The number of thiazole rings is 1. The summed E-state index contributed by atoms with van der Waals surface area (Å²) in [4.78, 5) is 18.5. The lowest BCUT2D eigenvalue weighted by Crippen LogP contribution is -2.03. The fourth-order valence-electron chi connectivity index (χ4n) is 4.17. The number of imidazole rings is 1. The van der Waals surface area contributed by atoms with Gasteiger partial charge in [-0.25, -0.2) is 19.9 Å². The van der Waals surface area contributed by atoms with Crippen molar-refractivity contribution in [1.82, 2.24) is 24.5 Å². The lowest BCUT2D eigenvalue weighted by Gasteiger charge is -2.12. The van der Waals surface area contributed by atoms with Crippen molar-refractivity contribution in [3.8, 4) is 28.5 Å². The Bertz CT molecular complexity index is 1390. The molecule has 0 saturated carbocycles. The molecule has 30 heavy (non-hydrogen) atoms. The van der Waals surface area contributed by atoms with E-state index in [-0.39, 0.29) is 0 Å². The number of fused-ring (bicyclic) bond motifs is 2. The summed E-state index contributed by atoms with van der Waals surface area (Å²) in [5, 5.41) is 2.00. The van der Waals surface area contributed by atoms with Gasteiger partial charge in [0.2, 0.25) is 0 Å². The molecular weight excluding hydrogens is 392 g/mol. The number of nitrogens with two attached hydrogens (primary N) is 1. The maximum atomic E-state index is 6.23. The van der Waals surface area contributed by atoms with Gasteiger partial charge in [0.15, 0.2) is 11.5 Å². The molecule has 0 saturated heterocycles. The first-order chi connectivity index (χ1) is 14.8. The van der Waals surface area contributed by atoms with Crippen LogP contribution in [0.2, 0.25) is 0 Å². The van der Waals surface area contributed by atoms with Gasteiger partial charge < -0.3 is 5.73 Å². The Morgan fingerprint density at radius 3 is 2.73 bits per heavy atom. The van der Waals surface area contributed by atoms with E-state index in [1.54, 1.807) is 17.5 Å². The summed E-state index contributed by atoms with van der Waals surface area (Å²) in [6.45, 7) is 0. The first-order valence-electron chi connectivity index (χ1n) is 9.89. The average Bonchev–Trinajstić information content (AvgIpc) is 3.51. The Labute approximate surface area is 177 Å². The van der Waals surface area contributed by atoms with Gasteiger partial charge in [-0.1, -0.05) is 6.07 Å². The molecule has 6 nitrogen and oxygen atoms in total. The van der Waals surface area contributed by atoms with Crippen LogP contribution in [0.1, 0.15) is 17.5 Å². The smallest absolute Gasteiger partial charge is 0.165 e. The minimum Gasteiger partial charge on any atom is -0.383 e. The van der Waals surface area contributed by atoms with Crippen molar-refractivity contribution in [1.29, 1.82) is 0 Å². The summed E-state index contributed by atoms with van der Waals surface area (Å²) in [7, 11) is 0. The van der Waals surface area contributed by atoms with Gasteiger partial charge in [-0.05, 0) is 66.8 Å². The van der Waals surface area contributed by atoms with E-state index in [4.69, 9.17) is 15.7 Å². The molecule has 0 aliphatic heterocycles. The van der Waals surface area contributed by atoms with Gasteiger partial charge in [0.05, 0.1) is 22.5 Å². The molecule has 0 fully saturated rings. The van der Waals surface area contributed by atoms with Crippen molar-refractivity contribution in [2.45, 2.75) is 19.3 Å². The highest BCUT2D eigenvalue weighted by Gasteiger charge is 2.20. The molecule has 5 aromatic rings. The largest absolute Gasteiger partial charge is 0.383 e. The van der Waals surface area contributed by atoms with E-state index in [2.05, 4.69) is 32.7 Å². The summed E-state index contributed by atoms with van der Waals surface area (Å²) >= 11 is 1.56. The van der Waals surface area contributed by atoms with E-state index >= 15 is 0 Å². The van der Waals surface area contributed by atoms with E-state index in [9.17, 15) is 0 Å². The van der Waals surface area contributed by atoms with Crippen LogP contribution in [0.4, 0.5) is 5.82 Å². The number of hydrogen-bond donors (Lipinski definition) is 1. The zero-order valence-corrected chi connectivity index (χ0v) is 16.9. The van der Waals surface area contributed by atoms with Gasteiger partial charge in [-0.2, -0.15) is 0 Å². The maximum Gasteiger partial charge on any atom is 0.165 e. The Hall–Kier alpha value is -3.58. The zero-order valence-electron chi connectivity index (χ0n) is 16.1. The van der Waals surface area contributed by atoms with Crippen LogP contribution >= 0.6 is 11.3 Å². The average molecular weight is 411 g/mol. The summed E-state index contributed by atoms with van der Waals surface area (Å²) < 4.78 is 2.09. The van der Waals surface area contributed by atoms with E-state index in [0.29, 0.717) is 5.82 Å². The Balaban J connectivity index is 1.65. The molecule has 146 valence electrons. The summed E-state index contributed by atoms with van der Waals surface area (Å²) in [6.07, 6.45) is 5.16. The predicted octanol–water partition coefficient (Wildman–Crippen LogP) is 4.68. The Kier molecular flexibility index (Phi) is 3.89. The number of pyridine rings is 2. The van der Waals surface area contributed by atoms with Crippen molar-refractivity contribution in [3.05, 3.63) is 70.7 Å². The van der Waals surface area contributed by atoms with Crippen molar-refractivity contribution >= 4 is 28.3 Å². The molecule has 0 bridgehead atoms. The van der Waals surface area contributed by atoms with Gasteiger partial charge in [0.1, 0.15) is 11.3 Å². The molecule has 1 aliphatic carbocycles. The Morgan fingerprint density at radius 2 is 1.87 bits per heavy atom.